The van der Waals surface area contributed by atoms with Crippen molar-refractivity contribution in [2.75, 3.05) is 7.11 Å². The molecule has 0 aromatic heterocycles. The molecule has 3 aromatic carbocycles. The van der Waals surface area contributed by atoms with Crippen LogP contribution < -0.4 is 14.8 Å². The molecule has 1 saturated heterocycles. The number of nitrogens with zero attached hydrogens (tertiary/aromatic N) is 1. The van der Waals surface area contributed by atoms with Gasteiger partial charge in [-0.25, -0.2) is 9.79 Å². The number of hydrogen-bond donors (Lipinski definition) is 2. The second-order valence-corrected chi connectivity index (χ2v) is 8.93. The van der Waals surface area contributed by atoms with Gasteiger partial charge in [0.1, 0.15) is 6.61 Å². The van der Waals surface area contributed by atoms with E-state index in [2.05, 4.69) is 10.3 Å². The van der Waals surface area contributed by atoms with Crippen LogP contribution in [0.5, 0.6) is 11.5 Å². The van der Waals surface area contributed by atoms with Crippen LogP contribution in [-0.2, 0) is 11.4 Å². The maximum Gasteiger partial charge on any atom is 0.335 e. The molecule has 35 heavy (non-hydrogen) atoms. The van der Waals surface area contributed by atoms with Crippen molar-refractivity contribution in [3.8, 4) is 11.5 Å². The number of ether oxygens (including phenoxy) is 2. The van der Waals surface area contributed by atoms with Crippen molar-refractivity contribution >= 4 is 40.6 Å². The summed E-state index contributed by atoms with van der Waals surface area (Å²) < 4.78 is 11.3. The zero-order valence-electron chi connectivity index (χ0n) is 19.5. The smallest absolute Gasteiger partial charge is 0.335 e. The third-order valence-electron chi connectivity index (χ3n) is 5.53. The Hall–Kier alpha value is -4.04. The molecule has 4 rings (SSSR count). The van der Waals surface area contributed by atoms with Crippen molar-refractivity contribution in [1.29, 1.82) is 0 Å². The maximum absolute atomic E-state index is 12.5. The number of amidine groups is 1. The topological polar surface area (TPSA) is 97.2 Å². The molecule has 178 valence electrons. The summed E-state index contributed by atoms with van der Waals surface area (Å²) in [5, 5.41) is 12.4. The van der Waals surface area contributed by atoms with Crippen LogP contribution >= 0.6 is 11.8 Å². The number of aromatic carboxylic acids is 1. The van der Waals surface area contributed by atoms with Gasteiger partial charge in [0.25, 0.3) is 5.91 Å². The fourth-order valence-corrected chi connectivity index (χ4v) is 4.23. The van der Waals surface area contributed by atoms with E-state index in [1.165, 1.54) is 23.9 Å². The van der Waals surface area contributed by atoms with Gasteiger partial charge in [0, 0.05) is 0 Å². The van der Waals surface area contributed by atoms with Crippen LogP contribution in [0.2, 0.25) is 0 Å². The quantitative estimate of drug-likeness (QED) is 0.428. The minimum Gasteiger partial charge on any atom is -0.493 e. The first-order chi connectivity index (χ1) is 16.8. The molecule has 8 heteroatoms. The molecule has 1 aliphatic rings. The third-order valence-corrected chi connectivity index (χ3v) is 6.44. The van der Waals surface area contributed by atoms with E-state index >= 15 is 0 Å². The number of rotatable bonds is 7. The van der Waals surface area contributed by atoms with E-state index in [1.807, 2.05) is 38.1 Å². The first-order valence-corrected chi connectivity index (χ1v) is 11.6. The SMILES string of the molecule is COc1cc(/C=C2/SC(=Nc3cccc(C)c3C)NC2=O)ccc1OCc1ccc(C(=O)O)cc1. The van der Waals surface area contributed by atoms with Gasteiger partial charge in [-0.1, -0.05) is 30.3 Å². The number of carboxylic acid groups (broad SMARTS) is 1. The van der Waals surface area contributed by atoms with E-state index in [0.717, 1.165) is 27.9 Å². The zero-order valence-corrected chi connectivity index (χ0v) is 20.3. The molecule has 0 bridgehead atoms. The maximum atomic E-state index is 12.5. The van der Waals surface area contributed by atoms with Gasteiger partial charge >= 0.3 is 5.97 Å². The standard InChI is InChI=1S/C27H24N2O5S/c1-16-5-4-6-21(17(16)2)28-27-29-25(30)24(35-27)14-19-9-12-22(23(13-19)33-3)34-15-18-7-10-20(11-8-18)26(31)32/h4-14H,15H2,1-3H3,(H,31,32)(H,28,29,30)/b24-14+. The Bertz CT molecular complexity index is 1350. The van der Waals surface area contributed by atoms with Crippen LogP contribution in [0.1, 0.15) is 32.6 Å². The molecule has 0 saturated carbocycles. The van der Waals surface area contributed by atoms with Crippen LogP contribution in [0, 0.1) is 13.8 Å². The Morgan fingerprint density at radius 3 is 2.57 bits per heavy atom. The van der Waals surface area contributed by atoms with E-state index in [4.69, 9.17) is 14.6 Å². The molecule has 3 aromatic rings. The number of benzene rings is 3. The Kier molecular flexibility index (Phi) is 7.22. The lowest BCUT2D eigenvalue weighted by molar-refractivity contribution is -0.115. The normalized spacial score (nSPS) is 15.3. The number of hydrogen-bond acceptors (Lipinski definition) is 6. The van der Waals surface area contributed by atoms with Crippen molar-refractivity contribution < 1.29 is 24.2 Å². The van der Waals surface area contributed by atoms with Crippen LogP contribution in [0.25, 0.3) is 6.08 Å². The van der Waals surface area contributed by atoms with E-state index in [1.54, 1.807) is 37.5 Å². The highest BCUT2D eigenvalue weighted by molar-refractivity contribution is 8.18. The first kappa shape index (κ1) is 24.1. The Labute approximate surface area is 207 Å². The van der Waals surface area contributed by atoms with Gasteiger partial charge in [-0.05, 0) is 84.3 Å². The molecule has 1 aliphatic heterocycles. The predicted octanol–water partition coefficient (Wildman–Crippen LogP) is 5.48. The lowest BCUT2D eigenvalue weighted by Crippen LogP contribution is -2.19. The minimum atomic E-state index is -0.971. The Morgan fingerprint density at radius 2 is 1.86 bits per heavy atom. The van der Waals surface area contributed by atoms with Gasteiger partial charge in [0.15, 0.2) is 16.7 Å². The van der Waals surface area contributed by atoms with E-state index in [0.29, 0.717) is 21.6 Å². The third kappa shape index (κ3) is 5.73. The molecule has 0 unspecified atom stereocenters. The number of carboxylic acids is 1. The highest BCUT2D eigenvalue weighted by Gasteiger charge is 2.24. The highest BCUT2D eigenvalue weighted by Crippen LogP contribution is 2.33. The number of amides is 1. The molecule has 1 fully saturated rings. The van der Waals surface area contributed by atoms with E-state index < -0.39 is 5.97 Å². The molecular weight excluding hydrogens is 464 g/mol. The van der Waals surface area contributed by atoms with Gasteiger partial charge in [0.05, 0.1) is 23.3 Å². The van der Waals surface area contributed by atoms with Crippen molar-refractivity contribution in [1.82, 2.24) is 5.32 Å². The van der Waals surface area contributed by atoms with Crippen molar-refractivity contribution in [3.05, 3.63) is 93.4 Å². The van der Waals surface area contributed by atoms with Crippen molar-refractivity contribution in [2.45, 2.75) is 20.5 Å². The number of aryl methyl sites for hydroxylation is 1. The second-order valence-electron chi connectivity index (χ2n) is 7.90. The van der Waals surface area contributed by atoms with Gasteiger partial charge in [-0.3, -0.25) is 4.79 Å². The molecular formula is C27H24N2O5S. The minimum absolute atomic E-state index is 0.205. The molecule has 1 heterocycles. The second kappa shape index (κ2) is 10.5. The van der Waals surface area contributed by atoms with Crippen LogP contribution in [0.15, 0.2) is 70.6 Å². The lowest BCUT2D eigenvalue weighted by atomic mass is 10.1. The summed E-state index contributed by atoms with van der Waals surface area (Å²) in [6.45, 7) is 4.29. The van der Waals surface area contributed by atoms with Crippen molar-refractivity contribution in [2.24, 2.45) is 4.99 Å². The number of methoxy groups -OCH3 is 1. The summed E-state index contributed by atoms with van der Waals surface area (Å²) in [6.07, 6.45) is 1.78. The van der Waals surface area contributed by atoms with Gasteiger partial charge in [-0.15, -0.1) is 0 Å². The zero-order chi connectivity index (χ0) is 24.9. The average molecular weight is 489 g/mol. The highest BCUT2D eigenvalue weighted by atomic mass is 32.2. The number of carbonyl (C=O) groups excluding carboxylic acids is 1. The van der Waals surface area contributed by atoms with Crippen LogP contribution in [0.4, 0.5) is 5.69 Å². The Morgan fingerprint density at radius 1 is 1.09 bits per heavy atom. The van der Waals surface area contributed by atoms with E-state index in [-0.39, 0.29) is 18.1 Å². The summed E-state index contributed by atoms with van der Waals surface area (Å²) >= 11 is 1.29. The number of nitrogens with one attached hydrogen (secondary N) is 1. The summed E-state index contributed by atoms with van der Waals surface area (Å²) in [7, 11) is 1.55. The fourth-order valence-electron chi connectivity index (χ4n) is 3.40. The number of carbonyl (C=O) groups is 2. The molecule has 0 spiro atoms. The lowest BCUT2D eigenvalue weighted by Gasteiger charge is -2.11. The summed E-state index contributed by atoms with van der Waals surface area (Å²) in [5.74, 6) is -0.114. The molecule has 1 amide bonds. The largest absolute Gasteiger partial charge is 0.493 e. The number of thioether (sulfide) groups is 1. The van der Waals surface area contributed by atoms with Crippen LogP contribution in [-0.4, -0.2) is 29.3 Å². The Balaban J connectivity index is 1.48. The summed E-state index contributed by atoms with van der Waals surface area (Å²) in [4.78, 5) is 28.6. The van der Waals surface area contributed by atoms with Gasteiger partial charge in [-0.2, -0.15) is 0 Å². The first-order valence-electron chi connectivity index (χ1n) is 10.8. The molecule has 0 radical (unpaired) electrons. The van der Waals surface area contributed by atoms with Gasteiger partial charge in [0.2, 0.25) is 0 Å². The average Bonchev–Trinajstić information content (AvgIpc) is 3.19. The molecule has 2 N–H and O–H groups in total. The molecule has 0 atom stereocenters. The van der Waals surface area contributed by atoms with Gasteiger partial charge < -0.3 is 19.9 Å². The summed E-state index contributed by atoms with van der Waals surface area (Å²) in [6, 6.07) is 17.8. The fraction of sp³-hybridized carbons (Fsp3) is 0.148. The molecule has 0 aliphatic carbocycles. The number of aliphatic imine (C=N–C) groups is 1. The monoisotopic (exact) mass is 488 g/mol. The van der Waals surface area contributed by atoms with E-state index in [9.17, 15) is 9.59 Å². The predicted molar refractivity (Wildman–Crippen MR) is 137 cm³/mol. The van der Waals surface area contributed by atoms with Crippen molar-refractivity contribution in [3.63, 3.8) is 0 Å². The molecule has 7 nitrogen and oxygen atoms in total. The van der Waals surface area contributed by atoms with Crippen LogP contribution in [0.3, 0.4) is 0 Å². The summed E-state index contributed by atoms with van der Waals surface area (Å²) in [5.41, 5.74) is 4.88.